The van der Waals surface area contributed by atoms with E-state index in [1.165, 1.54) is 31.4 Å². The molecule has 1 aliphatic heterocycles. The van der Waals surface area contributed by atoms with Gasteiger partial charge >= 0.3 is 0 Å². The van der Waals surface area contributed by atoms with Crippen LogP contribution in [0.15, 0.2) is 24.3 Å². The van der Waals surface area contributed by atoms with Crippen molar-refractivity contribution >= 4 is 11.6 Å². The number of rotatable bonds is 2. The van der Waals surface area contributed by atoms with Crippen molar-refractivity contribution in [2.75, 3.05) is 13.6 Å². The lowest BCUT2D eigenvalue weighted by molar-refractivity contribution is 0.184. The van der Waals surface area contributed by atoms with Crippen LogP contribution in [0.1, 0.15) is 24.8 Å². The fourth-order valence-corrected chi connectivity index (χ4v) is 2.42. The lowest BCUT2D eigenvalue weighted by Crippen LogP contribution is -2.37. The summed E-state index contributed by atoms with van der Waals surface area (Å²) in [6.07, 6.45) is 5.23. The van der Waals surface area contributed by atoms with E-state index in [0.717, 1.165) is 17.5 Å². The highest BCUT2D eigenvalue weighted by atomic mass is 35.5. The molecule has 1 unspecified atom stereocenters. The Hall–Kier alpha value is -0.530. The first-order valence-corrected chi connectivity index (χ1v) is 6.08. The second kappa shape index (κ2) is 5.00. The maximum atomic E-state index is 5.87. The first-order valence-electron chi connectivity index (χ1n) is 5.70. The Kier molecular flexibility index (Phi) is 3.66. The summed E-state index contributed by atoms with van der Waals surface area (Å²) in [5.41, 5.74) is 1.40. The summed E-state index contributed by atoms with van der Waals surface area (Å²) in [5, 5.41) is 0.829. The maximum absolute atomic E-state index is 5.87. The second-order valence-electron chi connectivity index (χ2n) is 4.46. The molecule has 2 heteroatoms. The predicted molar refractivity (Wildman–Crippen MR) is 65.4 cm³/mol. The summed E-state index contributed by atoms with van der Waals surface area (Å²) in [6.45, 7) is 1.25. The molecule has 15 heavy (non-hydrogen) atoms. The van der Waals surface area contributed by atoms with Crippen LogP contribution in [0.25, 0.3) is 0 Å². The van der Waals surface area contributed by atoms with Crippen molar-refractivity contribution < 1.29 is 0 Å². The van der Waals surface area contributed by atoms with E-state index in [1.54, 1.807) is 0 Å². The van der Waals surface area contributed by atoms with E-state index < -0.39 is 0 Å². The van der Waals surface area contributed by atoms with Gasteiger partial charge in [-0.05, 0) is 50.6 Å². The predicted octanol–water partition coefficient (Wildman–Crippen LogP) is 3.37. The molecule has 1 atom stereocenters. The summed E-state index contributed by atoms with van der Waals surface area (Å²) >= 11 is 5.87. The highest BCUT2D eigenvalue weighted by molar-refractivity contribution is 6.30. The SMILES string of the molecule is CN1CCCCC1Cc1ccc(Cl)cc1. The Morgan fingerprint density at radius 3 is 2.67 bits per heavy atom. The zero-order valence-corrected chi connectivity index (χ0v) is 10.0. The van der Waals surface area contributed by atoms with Crippen molar-refractivity contribution in [3.8, 4) is 0 Å². The fraction of sp³-hybridized carbons (Fsp3) is 0.538. The molecule has 0 spiro atoms. The first-order chi connectivity index (χ1) is 7.25. The van der Waals surface area contributed by atoms with E-state index in [4.69, 9.17) is 11.6 Å². The van der Waals surface area contributed by atoms with Gasteiger partial charge in [0.1, 0.15) is 0 Å². The summed E-state index contributed by atoms with van der Waals surface area (Å²) in [6, 6.07) is 8.98. The molecule has 1 saturated heterocycles. The summed E-state index contributed by atoms with van der Waals surface area (Å²) in [4.78, 5) is 2.48. The average Bonchev–Trinajstić information content (AvgIpc) is 2.25. The van der Waals surface area contributed by atoms with E-state index >= 15 is 0 Å². The lowest BCUT2D eigenvalue weighted by atomic mass is 9.96. The summed E-state index contributed by atoms with van der Waals surface area (Å²) in [5.74, 6) is 0. The molecule has 0 aromatic heterocycles. The van der Waals surface area contributed by atoms with Crippen molar-refractivity contribution in [1.82, 2.24) is 4.90 Å². The monoisotopic (exact) mass is 223 g/mol. The molecule has 2 rings (SSSR count). The molecule has 1 fully saturated rings. The number of likely N-dealkylation sites (tertiary alicyclic amines) is 1. The van der Waals surface area contributed by atoms with Crippen molar-refractivity contribution in [2.24, 2.45) is 0 Å². The van der Waals surface area contributed by atoms with Crippen LogP contribution in [0.5, 0.6) is 0 Å². The fourth-order valence-electron chi connectivity index (χ4n) is 2.29. The van der Waals surface area contributed by atoms with Crippen molar-refractivity contribution in [3.63, 3.8) is 0 Å². The van der Waals surface area contributed by atoms with Gasteiger partial charge in [0.25, 0.3) is 0 Å². The van der Waals surface area contributed by atoms with E-state index in [1.807, 2.05) is 12.1 Å². The molecule has 0 amide bonds. The second-order valence-corrected chi connectivity index (χ2v) is 4.90. The molecule has 1 aromatic carbocycles. The van der Waals surface area contributed by atoms with Crippen LogP contribution in [0, 0.1) is 0 Å². The third-order valence-electron chi connectivity index (χ3n) is 3.31. The number of hydrogen-bond acceptors (Lipinski definition) is 1. The van der Waals surface area contributed by atoms with Crippen LogP contribution in [0.4, 0.5) is 0 Å². The van der Waals surface area contributed by atoms with Crippen molar-refractivity contribution in [1.29, 1.82) is 0 Å². The molecule has 82 valence electrons. The number of halogens is 1. The van der Waals surface area contributed by atoms with Gasteiger partial charge < -0.3 is 4.90 Å². The highest BCUT2D eigenvalue weighted by Gasteiger charge is 2.18. The Balaban J connectivity index is 1.98. The molecular weight excluding hydrogens is 206 g/mol. The Morgan fingerprint density at radius 2 is 2.00 bits per heavy atom. The molecule has 0 aliphatic carbocycles. The number of benzene rings is 1. The smallest absolute Gasteiger partial charge is 0.0406 e. The van der Waals surface area contributed by atoms with Crippen LogP contribution in [-0.2, 0) is 6.42 Å². The van der Waals surface area contributed by atoms with E-state index in [-0.39, 0.29) is 0 Å². The maximum Gasteiger partial charge on any atom is 0.0406 e. The van der Waals surface area contributed by atoms with Gasteiger partial charge in [-0.3, -0.25) is 0 Å². The van der Waals surface area contributed by atoms with Crippen LogP contribution in [0.2, 0.25) is 5.02 Å². The topological polar surface area (TPSA) is 3.24 Å². The van der Waals surface area contributed by atoms with Crippen LogP contribution in [0.3, 0.4) is 0 Å². The molecular formula is C13H18ClN. The minimum absolute atomic E-state index is 0.722. The zero-order chi connectivity index (χ0) is 10.7. The Labute approximate surface area is 97.0 Å². The van der Waals surface area contributed by atoms with Gasteiger partial charge in [0.05, 0.1) is 0 Å². The minimum atomic E-state index is 0.722. The van der Waals surface area contributed by atoms with Gasteiger partial charge in [0.15, 0.2) is 0 Å². The first kappa shape index (κ1) is 11.0. The zero-order valence-electron chi connectivity index (χ0n) is 9.25. The molecule has 0 radical (unpaired) electrons. The van der Waals surface area contributed by atoms with Gasteiger partial charge in [-0.1, -0.05) is 30.2 Å². The minimum Gasteiger partial charge on any atom is -0.303 e. The molecule has 1 aliphatic rings. The van der Waals surface area contributed by atoms with Crippen LogP contribution >= 0.6 is 11.6 Å². The number of likely N-dealkylation sites (N-methyl/N-ethyl adjacent to an activating group) is 1. The summed E-state index contributed by atoms with van der Waals surface area (Å²) in [7, 11) is 2.24. The molecule has 1 aromatic rings. The van der Waals surface area contributed by atoms with Gasteiger partial charge in [0.2, 0.25) is 0 Å². The number of piperidine rings is 1. The normalized spacial score (nSPS) is 22.9. The van der Waals surface area contributed by atoms with Gasteiger partial charge in [-0.15, -0.1) is 0 Å². The van der Waals surface area contributed by atoms with E-state index in [9.17, 15) is 0 Å². The molecule has 1 nitrogen and oxygen atoms in total. The summed E-state index contributed by atoms with van der Waals surface area (Å²) < 4.78 is 0. The van der Waals surface area contributed by atoms with Gasteiger partial charge in [0, 0.05) is 11.1 Å². The molecule has 0 saturated carbocycles. The van der Waals surface area contributed by atoms with Crippen molar-refractivity contribution in [2.45, 2.75) is 31.7 Å². The van der Waals surface area contributed by atoms with Gasteiger partial charge in [-0.25, -0.2) is 0 Å². The third kappa shape index (κ3) is 2.96. The molecule has 1 heterocycles. The lowest BCUT2D eigenvalue weighted by Gasteiger charge is -2.32. The Bertz CT molecular complexity index is 307. The quantitative estimate of drug-likeness (QED) is 0.743. The average molecular weight is 224 g/mol. The number of nitrogens with zero attached hydrogens (tertiary/aromatic N) is 1. The molecule has 0 bridgehead atoms. The molecule has 0 N–H and O–H groups in total. The standard InChI is InChI=1S/C13H18ClN/c1-15-9-3-2-4-13(15)10-11-5-7-12(14)8-6-11/h5-8,13H,2-4,9-10H2,1H3. The van der Waals surface area contributed by atoms with Gasteiger partial charge in [-0.2, -0.15) is 0 Å². The van der Waals surface area contributed by atoms with E-state index in [0.29, 0.717) is 0 Å². The van der Waals surface area contributed by atoms with Crippen molar-refractivity contribution in [3.05, 3.63) is 34.9 Å². The van der Waals surface area contributed by atoms with Crippen LogP contribution < -0.4 is 0 Å². The van der Waals surface area contributed by atoms with Crippen LogP contribution in [-0.4, -0.2) is 24.5 Å². The highest BCUT2D eigenvalue weighted by Crippen LogP contribution is 2.19. The largest absolute Gasteiger partial charge is 0.303 e. The van der Waals surface area contributed by atoms with E-state index in [2.05, 4.69) is 24.1 Å². The third-order valence-corrected chi connectivity index (χ3v) is 3.56. The number of hydrogen-bond donors (Lipinski definition) is 0. The Morgan fingerprint density at radius 1 is 1.27 bits per heavy atom.